The van der Waals surface area contributed by atoms with E-state index in [2.05, 4.69) is 16.4 Å². The van der Waals surface area contributed by atoms with Gasteiger partial charge in [0.15, 0.2) is 11.9 Å². The van der Waals surface area contributed by atoms with Gasteiger partial charge in [-0.2, -0.15) is 5.26 Å². The van der Waals surface area contributed by atoms with Gasteiger partial charge in [0.05, 0.1) is 17.1 Å². The molecule has 1 amide bonds. The lowest BCUT2D eigenvalue weighted by molar-refractivity contribution is -0.130. The van der Waals surface area contributed by atoms with Crippen LogP contribution in [0.5, 0.6) is 0 Å². The van der Waals surface area contributed by atoms with E-state index < -0.39 is 23.5 Å². The van der Waals surface area contributed by atoms with Crippen molar-refractivity contribution in [3.8, 4) is 17.5 Å². The summed E-state index contributed by atoms with van der Waals surface area (Å²) in [7, 11) is 0. The number of rotatable bonds is 6. The van der Waals surface area contributed by atoms with Gasteiger partial charge in [-0.3, -0.25) is 4.79 Å². The molecule has 0 radical (unpaired) electrons. The van der Waals surface area contributed by atoms with Gasteiger partial charge in [0.2, 0.25) is 0 Å². The zero-order valence-corrected chi connectivity index (χ0v) is 18.2. The van der Waals surface area contributed by atoms with Crippen LogP contribution in [0.25, 0.3) is 22.4 Å². The van der Waals surface area contributed by atoms with Gasteiger partial charge in [-0.1, -0.05) is 32.0 Å². The zero-order chi connectivity index (χ0) is 22.8. The largest absolute Gasteiger partial charge is 0.460 e. The van der Waals surface area contributed by atoms with Crippen LogP contribution in [-0.4, -0.2) is 28.5 Å². The summed E-state index contributed by atoms with van der Waals surface area (Å²) in [5.41, 5.74) is 0.315. The number of para-hydroxylation sites is 1. The molecule has 3 aromatic rings. The lowest BCUT2D eigenvalue weighted by atomic mass is 9.90. The molecule has 0 unspecified atom stereocenters. The highest BCUT2D eigenvalue weighted by Crippen LogP contribution is 2.27. The Bertz CT molecular complexity index is 1180. The molecule has 0 saturated heterocycles. The number of benzene rings is 1. The summed E-state index contributed by atoms with van der Waals surface area (Å²) in [5, 5.41) is 12.7. The van der Waals surface area contributed by atoms with E-state index >= 15 is 0 Å². The Morgan fingerprint density at radius 3 is 2.52 bits per heavy atom. The molecule has 0 aliphatic carbocycles. The Balaban J connectivity index is 1.90. The van der Waals surface area contributed by atoms with E-state index in [-0.39, 0.29) is 11.5 Å². The lowest BCUT2D eigenvalue weighted by Gasteiger charge is -2.28. The van der Waals surface area contributed by atoms with Crippen LogP contribution in [0.2, 0.25) is 0 Å². The van der Waals surface area contributed by atoms with Crippen LogP contribution in [0.4, 0.5) is 0 Å². The van der Waals surface area contributed by atoms with Gasteiger partial charge in [0.1, 0.15) is 17.0 Å². The van der Waals surface area contributed by atoms with E-state index in [0.717, 1.165) is 5.76 Å². The number of carbonyl (C=O) groups excluding carboxylic acids is 2. The van der Waals surface area contributed by atoms with Crippen LogP contribution in [0.3, 0.4) is 0 Å². The first-order valence-corrected chi connectivity index (χ1v) is 10.1. The van der Waals surface area contributed by atoms with E-state index in [1.54, 1.807) is 37.3 Å². The highest BCUT2D eigenvalue weighted by Gasteiger charge is 2.33. The first-order valence-electron chi connectivity index (χ1n) is 10.1. The van der Waals surface area contributed by atoms with Gasteiger partial charge < -0.3 is 14.5 Å². The Morgan fingerprint density at radius 1 is 1.19 bits per heavy atom. The Kier molecular flexibility index (Phi) is 6.11. The summed E-state index contributed by atoms with van der Waals surface area (Å²) in [6.45, 7) is 8.61. The van der Waals surface area contributed by atoms with Gasteiger partial charge in [-0.25, -0.2) is 9.78 Å². The second-order valence-corrected chi connectivity index (χ2v) is 7.99. The fraction of sp³-hybridized carbons (Fsp3) is 0.333. The van der Waals surface area contributed by atoms with Crippen molar-refractivity contribution in [1.82, 2.24) is 10.3 Å². The molecule has 3 rings (SSSR count). The SMILES string of the molecule is Cc1ccc(-c2cc(C(=O)O[C@@H](C)C(=O)N[C@](C)(C#N)C(C)C)c3ccccc3n2)o1. The number of furan rings is 1. The molecule has 7 nitrogen and oxygen atoms in total. The van der Waals surface area contributed by atoms with Gasteiger partial charge >= 0.3 is 5.97 Å². The minimum atomic E-state index is -1.08. The number of ether oxygens (including phenoxy) is 1. The maximum absolute atomic E-state index is 13.0. The second-order valence-electron chi connectivity index (χ2n) is 7.99. The molecular weight excluding hydrogens is 394 g/mol. The van der Waals surface area contributed by atoms with Crippen molar-refractivity contribution >= 4 is 22.8 Å². The highest BCUT2D eigenvalue weighted by molar-refractivity contribution is 6.05. The van der Waals surface area contributed by atoms with Crippen LogP contribution >= 0.6 is 0 Å². The summed E-state index contributed by atoms with van der Waals surface area (Å²) in [6.07, 6.45) is -1.08. The number of hydrogen-bond acceptors (Lipinski definition) is 6. The fourth-order valence-electron chi connectivity index (χ4n) is 2.98. The number of aryl methyl sites for hydroxylation is 1. The molecule has 0 aliphatic rings. The Hall–Kier alpha value is -3.66. The Morgan fingerprint density at radius 2 is 1.90 bits per heavy atom. The molecule has 0 aliphatic heterocycles. The standard InChI is InChI=1S/C24H25N3O4/c1-14(2)24(5,13-25)27-22(28)16(4)31-23(29)18-12-20(21-11-10-15(3)30-21)26-19-9-7-6-8-17(18)19/h6-12,14,16H,1-5H3,(H,27,28)/t16-,24+/m0/s1. The number of esters is 1. The van der Waals surface area contributed by atoms with Crippen LogP contribution in [-0.2, 0) is 9.53 Å². The van der Waals surface area contributed by atoms with Gasteiger partial charge in [-0.05, 0) is 51.0 Å². The van der Waals surface area contributed by atoms with Crippen LogP contribution in [0, 0.1) is 24.2 Å². The maximum atomic E-state index is 13.0. The number of carbonyl (C=O) groups is 2. The number of nitrogens with one attached hydrogen (secondary N) is 1. The van der Waals surface area contributed by atoms with Gasteiger partial charge in [0, 0.05) is 5.39 Å². The van der Waals surface area contributed by atoms with Crippen molar-refractivity contribution < 1.29 is 18.7 Å². The number of aromatic nitrogens is 1. The molecule has 2 heterocycles. The van der Waals surface area contributed by atoms with Crippen molar-refractivity contribution in [2.24, 2.45) is 5.92 Å². The summed E-state index contributed by atoms with van der Waals surface area (Å²) >= 11 is 0. The summed E-state index contributed by atoms with van der Waals surface area (Å²) in [4.78, 5) is 30.2. The first-order chi connectivity index (χ1) is 14.6. The number of pyridine rings is 1. The number of amides is 1. The molecule has 2 aromatic heterocycles. The predicted molar refractivity (Wildman–Crippen MR) is 116 cm³/mol. The van der Waals surface area contributed by atoms with Crippen LogP contribution in [0.1, 0.15) is 43.8 Å². The van der Waals surface area contributed by atoms with Crippen molar-refractivity contribution in [2.45, 2.75) is 46.3 Å². The third kappa shape index (κ3) is 4.58. The topological polar surface area (TPSA) is 105 Å². The van der Waals surface area contributed by atoms with E-state index in [4.69, 9.17) is 9.15 Å². The van der Waals surface area contributed by atoms with Crippen LogP contribution in [0.15, 0.2) is 46.9 Å². The van der Waals surface area contributed by atoms with Crippen LogP contribution < -0.4 is 5.32 Å². The third-order valence-corrected chi connectivity index (χ3v) is 5.35. The van der Waals surface area contributed by atoms with E-state index in [1.165, 1.54) is 6.92 Å². The average molecular weight is 419 g/mol. The summed E-state index contributed by atoms with van der Waals surface area (Å²) in [5.74, 6) is -0.0528. The van der Waals surface area contributed by atoms with Crippen molar-refractivity contribution in [3.05, 3.63) is 53.8 Å². The van der Waals surface area contributed by atoms with Gasteiger partial charge in [0.25, 0.3) is 5.91 Å². The molecule has 0 saturated carbocycles. The van der Waals surface area contributed by atoms with Crippen molar-refractivity contribution in [3.63, 3.8) is 0 Å². The smallest absolute Gasteiger partial charge is 0.339 e. The maximum Gasteiger partial charge on any atom is 0.339 e. The molecule has 2 atom stereocenters. The van der Waals surface area contributed by atoms with E-state index in [1.807, 2.05) is 32.9 Å². The quantitative estimate of drug-likeness (QED) is 0.594. The third-order valence-electron chi connectivity index (χ3n) is 5.35. The second kappa shape index (κ2) is 8.60. The molecular formula is C24H25N3O4. The van der Waals surface area contributed by atoms with Gasteiger partial charge in [-0.15, -0.1) is 0 Å². The number of hydrogen-bond donors (Lipinski definition) is 1. The van der Waals surface area contributed by atoms with E-state index in [9.17, 15) is 14.9 Å². The molecule has 1 N–H and O–H groups in total. The Labute approximate surface area is 181 Å². The predicted octanol–water partition coefficient (Wildman–Crippen LogP) is 4.40. The van der Waals surface area contributed by atoms with E-state index in [0.29, 0.717) is 22.4 Å². The van der Waals surface area contributed by atoms with Crippen molar-refractivity contribution in [2.75, 3.05) is 0 Å². The molecule has 160 valence electrons. The number of fused-ring (bicyclic) bond motifs is 1. The molecule has 0 bridgehead atoms. The molecule has 0 fully saturated rings. The zero-order valence-electron chi connectivity index (χ0n) is 18.2. The average Bonchev–Trinajstić information content (AvgIpc) is 3.18. The number of nitrogens with zero attached hydrogens (tertiary/aromatic N) is 2. The van der Waals surface area contributed by atoms with Crippen molar-refractivity contribution in [1.29, 1.82) is 5.26 Å². The summed E-state index contributed by atoms with van der Waals surface area (Å²) < 4.78 is 11.1. The first kappa shape index (κ1) is 22.0. The molecule has 7 heteroatoms. The fourth-order valence-corrected chi connectivity index (χ4v) is 2.98. The molecule has 31 heavy (non-hydrogen) atoms. The summed E-state index contributed by atoms with van der Waals surface area (Å²) in [6, 6.07) is 14.5. The number of nitriles is 1. The molecule has 0 spiro atoms. The minimum Gasteiger partial charge on any atom is -0.460 e. The lowest BCUT2D eigenvalue weighted by Crippen LogP contribution is -2.52. The molecule has 1 aromatic carbocycles. The normalized spacial score (nSPS) is 14.0. The monoisotopic (exact) mass is 419 g/mol. The minimum absolute atomic E-state index is 0.118. The highest BCUT2D eigenvalue weighted by atomic mass is 16.5.